The summed E-state index contributed by atoms with van der Waals surface area (Å²) >= 11 is 0. The number of aliphatic hydroxyl groups excluding tert-OH is 1. The monoisotopic (exact) mass is 543 g/mol. The highest BCUT2D eigenvalue weighted by atomic mass is 16.3. The van der Waals surface area contributed by atoms with Gasteiger partial charge in [0, 0.05) is 51.4 Å². The van der Waals surface area contributed by atoms with Gasteiger partial charge in [0.1, 0.15) is 0 Å². The number of hydrogen-bond acceptors (Lipinski definition) is 7. The second-order valence-corrected chi connectivity index (χ2v) is 11.3. The number of piperidine rings is 1. The van der Waals surface area contributed by atoms with Crippen LogP contribution < -0.4 is 10.6 Å². The smallest absolute Gasteiger partial charge is 0.350 e. The SMILES string of the molecule is [C-]#[N+]c1ccc2c(n1)c(N1C[C@@H](CC)N(C(C)c3ccc(CN4CCC[C@@H](O)C4)cc3)C[C@@H]1CC)nc(=O)n2C. The number of anilines is 1. The first kappa shape index (κ1) is 28.2. The third-order valence-electron chi connectivity index (χ3n) is 8.84. The molecule has 1 N–H and O–H groups in total. The van der Waals surface area contributed by atoms with E-state index in [9.17, 15) is 9.90 Å². The Morgan fingerprint density at radius 2 is 1.80 bits per heavy atom. The van der Waals surface area contributed by atoms with Crippen molar-refractivity contribution in [1.82, 2.24) is 24.3 Å². The van der Waals surface area contributed by atoms with Crippen LogP contribution in [0.3, 0.4) is 0 Å². The zero-order valence-electron chi connectivity index (χ0n) is 24.1. The van der Waals surface area contributed by atoms with Gasteiger partial charge in [-0.3, -0.25) is 14.4 Å². The molecule has 1 aromatic carbocycles. The molecule has 9 heteroatoms. The first-order valence-corrected chi connectivity index (χ1v) is 14.6. The fourth-order valence-corrected chi connectivity index (χ4v) is 6.41. The van der Waals surface area contributed by atoms with E-state index in [1.165, 1.54) is 15.7 Å². The van der Waals surface area contributed by atoms with Crippen molar-refractivity contribution in [1.29, 1.82) is 0 Å². The predicted octanol–water partition coefficient (Wildman–Crippen LogP) is 4.28. The zero-order chi connectivity index (χ0) is 28.4. The molecule has 3 aromatic rings. The maximum absolute atomic E-state index is 12.8. The van der Waals surface area contributed by atoms with Gasteiger partial charge in [0.15, 0.2) is 5.82 Å². The van der Waals surface area contributed by atoms with Crippen LogP contribution in [-0.4, -0.2) is 73.8 Å². The maximum Gasteiger partial charge on any atom is 0.350 e. The Labute approximate surface area is 236 Å². The topological polar surface area (TPSA) is 82.1 Å². The summed E-state index contributed by atoms with van der Waals surface area (Å²) in [7, 11) is 1.70. The molecule has 2 aliphatic rings. The Hall–Kier alpha value is -3.32. The molecule has 2 fully saturated rings. The molecule has 0 amide bonds. The molecular formula is C31H41N7O2. The molecule has 4 atom stereocenters. The summed E-state index contributed by atoms with van der Waals surface area (Å²) in [4.78, 5) is 32.6. The molecule has 0 saturated carbocycles. The number of β-amino-alcohol motifs (C(OH)–C–C–N with tert-alkyl or cyclic N) is 1. The third kappa shape index (κ3) is 5.62. The molecule has 2 aliphatic heterocycles. The minimum absolute atomic E-state index is 0.163. The Bertz CT molecular complexity index is 1430. The lowest BCUT2D eigenvalue weighted by Gasteiger charge is -2.49. The fraction of sp³-hybridized carbons (Fsp3) is 0.548. The van der Waals surface area contributed by atoms with Gasteiger partial charge in [0.25, 0.3) is 5.82 Å². The lowest BCUT2D eigenvalue weighted by atomic mass is 9.96. The van der Waals surface area contributed by atoms with Crippen molar-refractivity contribution in [2.75, 3.05) is 31.1 Å². The summed E-state index contributed by atoms with van der Waals surface area (Å²) in [6.45, 7) is 18.4. The van der Waals surface area contributed by atoms with E-state index in [0.717, 1.165) is 58.4 Å². The molecule has 0 aliphatic carbocycles. The predicted molar refractivity (Wildman–Crippen MR) is 159 cm³/mol. The van der Waals surface area contributed by atoms with Crippen LogP contribution in [-0.2, 0) is 13.6 Å². The van der Waals surface area contributed by atoms with E-state index < -0.39 is 0 Å². The van der Waals surface area contributed by atoms with Crippen molar-refractivity contribution in [2.24, 2.45) is 7.05 Å². The number of likely N-dealkylation sites (tertiary alicyclic amines) is 1. The average Bonchev–Trinajstić information content (AvgIpc) is 2.98. The Morgan fingerprint density at radius 1 is 1.05 bits per heavy atom. The number of aromatic nitrogens is 3. The third-order valence-corrected chi connectivity index (χ3v) is 8.84. The molecule has 0 radical (unpaired) electrons. The second kappa shape index (κ2) is 12.0. The van der Waals surface area contributed by atoms with E-state index in [-0.39, 0.29) is 29.9 Å². The van der Waals surface area contributed by atoms with Gasteiger partial charge in [0.05, 0.1) is 11.6 Å². The molecule has 9 nitrogen and oxygen atoms in total. The van der Waals surface area contributed by atoms with Crippen LogP contribution in [0.5, 0.6) is 0 Å². The summed E-state index contributed by atoms with van der Waals surface area (Å²) in [6.07, 6.45) is 3.63. The van der Waals surface area contributed by atoms with Crippen molar-refractivity contribution in [3.63, 3.8) is 0 Å². The molecule has 5 rings (SSSR count). The highest BCUT2D eigenvalue weighted by Crippen LogP contribution is 2.34. The van der Waals surface area contributed by atoms with Gasteiger partial charge in [-0.05, 0) is 62.4 Å². The molecule has 212 valence electrons. The van der Waals surface area contributed by atoms with E-state index in [0.29, 0.717) is 22.7 Å². The van der Waals surface area contributed by atoms with Crippen molar-refractivity contribution in [3.05, 3.63) is 69.4 Å². The molecule has 0 bridgehead atoms. The van der Waals surface area contributed by atoms with E-state index in [1.807, 2.05) is 0 Å². The van der Waals surface area contributed by atoms with Crippen molar-refractivity contribution < 1.29 is 5.11 Å². The minimum atomic E-state index is -0.308. The number of nitrogens with zero attached hydrogens (tertiary/aromatic N) is 7. The van der Waals surface area contributed by atoms with Crippen LogP contribution in [0.4, 0.5) is 11.6 Å². The molecule has 2 aromatic heterocycles. The lowest BCUT2D eigenvalue weighted by molar-refractivity contribution is 0.0668. The summed E-state index contributed by atoms with van der Waals surface area (Å²) in [5, 5.41) is 10.0. The summed E-state index contributed by atoms with van der Waals surface area (Å²) < 4.78 is 1.51. The number of aryl methyl sites for hydroxylation is 1. The van der Waals surface area contributed by atoms with Crippen molar-refractivity contribution in [2.45, 2.75) is 77.2 Å². The number of fused-ring (bicyclic) bond motifs is 1. The van der Waals surface area contributed by atoms with Gasteiger partial charge in [0.2, 0.25) is 5.52 Å². The number of aliphatic hydroxyl groups is 1. The normalized spacial score (nSPS) is 23.3. The summed E-state index contributed by atoms with van der Waals surface area (Å²) in [6, 6.07) is 13.1. The lowest BCUT2D eigenvalue weighted by Crippen LogP contribution is -2.59. The zero-order valence-corrected chi connectivity index (χ0v) is 24.1. The standard InChI is InChI=1S/C31H41N7O2/c1-6-24-19-38(30-29-27(35(5)31(40)34-30)14-15-28(32-4)33-29)25(7-2)18-37(24)21(3)23-12-10-22(11-13-23)17-36-16-8-9-26(39)20-36/h10-15,21,24-26,39H,6-9,16-20H2,1-3,5H3/t21?,24-,25+,26-/m1/s1. The summed E-state index contributed by atoms with van der Waals surface area (Å²) in [5.41, 5.74) is 3.58. The number of hydrogen-bond donors (Lipinski definition) is 1. The Morgan fingerprint density at radius 3 is 2.48 bits per heavy atom. The van der Waals surface area contributed by atoms with Crippen LogP contribution in [0.25, 0.3) is 15.9 Å². The molecule has 4 heterocycles. The van der Waals surface area contributed by atoms with E-state index >= 15 is 0 Å². The van der Waals surface area contributed by atoms with Gasteiger partial charge in [-0.2, -0.15) is 4.98 Å². The molecule has 1 unspecified atom stereocenters. The van der Waals surface area contributed by atoms with E-state index in [2.05, 4.69) is 74.5 Å². The van der Waals surface area contributed by atoms with E-state index in [1.54, 1.807) is 19.2 Å². The highest BCUT2D eigenvalue weighted by Gasteiger charge is 2.37. The van der Waals surface area contributed by atoms with Crippen molar-refractivity contribution >= 4 is 22.7 Å². The number of pyridine rings is 1. The average molecular weight is 544 g/mol. The summed E-state index contributed by atoms with van der Waals surface area (Å²) in [5.74, 6) is 0.898. The van der Waals surface area contributed by atoms with Gasteiger partial charge in [-0.1, -0.05) is 44.7 Å². The quantitative estimate of drug-likeness (QED) is 0.446. The van der Waals surface area contributed by atoms with Gasteiger partial charge in [-0.25, -0.2) is 4.79 Å². The minimum Gasteiger partial charge on any atom is -0.392 e. The fourth-order valence-electron chi connectivity index (χ4n) is 6.41. The number of piperazine rings is 1. The van der Waals surface area contributed by atoms with Crippen LogP contribution >= 0.6 is 0 Å². The molecule has 40 heavy (non-hydrogen) atoms. The van der Waals surface area contributed by atoms with Gasteiger partial charge < -0.3 is 14.9 Å². The van der Waals surface area contributed by atoms with Crippen LogP contribution in [0.2, 0.25) is 0 Å². The van der Waals surface area contributed by atoms with E-state index in [4.69, 9.17) is 6.57 Å². The first-order valence-electron chi connectivity index (χ1n) is 14.6. The number of benzene rings is 1. The first-order chi connectivity index (χ1) is 19.3. The maximum atomic E-state index is 12.8. The second-order valence-electron chi connectivity index (χ2n) is 11.3. The van der Waals surface area contributed by atoms with Crippen LogP contribution in [0.1, 0.15) is 63.6 Å². The Kier molecular flexibility index (Phi) is 8.50. The van der Waals surface area contributed by atoms with Crippen molar-refractivity contribution in [3.8, 4) is 0 Å². The van der Waals surface area contributed by atoms with Gasteiger partial charge >= 0.3 is 5.69 Å². The Balaban J connectivity index is 1.38. The largest absolute Gasteiger partial charge is 0.392 e. The van der Waals surface area contributed by atoms with Crippen LogP contribution in [0, 0.1) is 6.57 Å². The van der Waals surface area contributed by atoms with Gasteiger partial charge in [-0.15, -0.1) is 4.98 Å². The number of rotatable bonds is 7. The highest BCUT2D eigenvalue weighted by molar-refractivity contribution is 5.87. The molecule has 0 spiro atoms. The molecule has 2 saturated heterocycles. The molecular weight excluding hydrogens is 502 g/mol. The van der Waals surface area contributed by atoms with Crippen LogP contribution in [0.15, 0.2) is 41.2 Å².